The third-order valence-electron chi connectivity index (χ3n) is 3.73. The number of carbonyl (C=O) groups is 2. The Morgan fingerprint density at radius 1 is 0.815 bits per heavy atom. The van der Waals surface area contributed by atoms with Crippen molar-refractivity contribution in [2.24, 2.45) is 0 Å². The van der Waals surface area contributed by atoms with E-state index in [0.29, 0.717) is 16.9 Å². The minimum atomic E-state index is -1.05. The first kappa shape index (κ1) is 18.3. The van der Waals surface area contributed by atoms with Crippen molar-refractivity contribution >= 4 is 17.4 Å². The SMILES string of the molecule is O=C(COc1ccc(C(=O)c2ccccc2)cc1)Nc1ccc(F)c(F)c1. The summed E-state index contributed by atoms with van der Waals surface area (Å²) in [7, 11) is 0. The number of benzene rings is 3. The van der Waals surface area contributed by atoms with Crippen LogP contribution in [-0.4, -0.2) is 18.3 Å². The molecule has 0 aromatic heterocycles. The average molecular weight is 367 g/mol. The molecule has 0 heterocycles. The molecule has 1 amide bonds. The van der Waals surface area contributed by atoms with E-state index in [2.05, 4.69) is 5.32 Å². The van der Waals surface area contributed by atoms with Gasteiger partial charge in [0.1, 0.15) is 5.75 Å². The Kier molecular flexibility index (Phi) is 5.56. The maximum atomic E-state index is 13.1. The van der Waals surface area contributed by atoms with Gasteiger partial charge in [-0.05, 0) is 36.4 Å². The molecule has 4 nitrogen and oxygen atoms in total. The average Bonchev–Trinajstić information content (AvgIpc) is 2.70. The molecule has 0 fully saturated rings. The zero-order valence-corrected chi connectivity index (χ0v) is 14.1. The highest BCUT2D eigenvalue weighted by Gasteiger charge is 2.10. The lowest BCUT2D eigenvalue weighted by Crippen LogP contribution is -2.20. The Morgan fingerprint density at radius 2 is 1.48 bits per heavy atom. The summed E-state index contributed by atoms with van der Waals surface area (Å²) < 4.78 is 31.3. The van der Waals surface area contributed by atoms with Crippen molar-refractivity contribution in [3.63, 3.8) is 0 Å². The van der Waals surface area contributed by atoms with E-state index >= 15 is 0 Å². The summed E-state index contributed by atoms with van der Waals surface area (Å²) in [5, 5.41) is 2.41. The van der Waals surface area contributed by atoms with E-state index in [4.69, 9.17) is 4.74 Å². The normalized spacial score (nSPS) is 10.3. The summed E-state index contributed by atoms with van der Waals surface area (Å²) in [6.45, 7) is -0.315. The molecular formula is C21H15F2NO3. The predicted molar refractivity (Wildman–Crippen MR) is 96.8 cm³/mol. The number of ether oxygens (including phenoxy) is 1. The topological polar surface area (TPSA) is 55.4 Å². The molecule has 27 heavy (non-hydrogen) atoms. The second-order valence-corrected chi connectivity index (χ2v) is 5.69. The van der Waals surface area contributed by atoms with Gasteiger partial charge in [0.25, 0.3) is 5.91 Å². The van der Waals surface area contributed by atoms with E-state index < -0.39 is 17.5 Å². The number of nitrogens with one attached hydrogen (secondary N) is 1. The van der Waals surface area contributed by atoms with Crippen LogP contribution < -0.4 is 10.1 Å². The molecule has 0 aliphatic carbocycles. The lowest BCUT2D eigenvalue weighted by Gasteiger charge is -2.08. The predicted octanol–water partition coefficient (Wildman–Crippen LogP) is 4.21. The van der Waals surface area contributed by atoms with Crippen LogP contribution in [-0.2, 0) is 4.79 Å². The number of carbonyl (C=O) groups excluding carboxylic acids is 2. The van der Waals surface area contributed by atoms with Crippen LogP contribution in [0.5, 0.6) is 5.75 Å². The van der Waals surface area contributed by atoms with Crippen molar-refractivity contribution in [3.8, 4) is 5.75 Å². The molecule has 6 heteroatoms. The molecule has 0 bridgehead atoms. The number of hydrogen-bond acceptors (Lipinski definition) is 3. The van der Waals surface area contributed by atoms with Crippen LogP contribution in [0.2, 0.25) is 0 Å². The van der Waals surface area contributed by atoms with Crippen molar-refractivity contribution < 1.29 is 23.1 Å². The molecule has 0 atom stereocenters. The zero-order valence-electron chi connectivity index (χ0n) is 14.1. The van der Waals surface area contributed by atoms with E-state index in [1.807, 2.05) is 6.07 Å². The third-order valence-corrected chi connectivity index (χ3v) is 3.73. The van der Waals surface area contributed by atoms with Crippen LogP contribution in [0.15, 0.2) is 72.8 Å². The molecule has 0 aliphatic rings. The molecule has 3 rings (SSSR count). The molecular weight excluding hydrogens is 352 g/mol. The van der Waals surface area contributed by atoms with Crippen molar-refractivity contribution in [2.45, 2.75) is 0 Å². The van der Waals surface area contributed by atoms with Gasteiger partial charge >= 0.3 is 0 Å². The highest BCUT2D eigenvalue weighted by molar-refractivity contribution is 6.09. The molecule has 1 N–H and O–H groups in total. The second-order valence-electron chi connectivity index (χ2n) is 5.69. The lowest BCUT2D eigenvalue weighted by molar-refractivity contribution is -0.118. The molecule has 136 valence electrons. The van der Waals surface area contributed by atoms with Crippen molar-refractivity contribution in [1.29, 1.82) is 0 Å². The number of ketones is 1. The smallest absolute Gasteiger partial charge is 0.262 e. The van der Waals surface area contributed by atoms with Gasteiger partial charge in [-0.25, -0.2) is 8.78 Å². The fourth-order valence-corrected chi connectivity index (χ4v) is 2.38. The van der Waals surface area contributed by atoms with Gasteiger partial charge in [0, 0.05) is 22.9 Å². The molecule has 0 spiro atoms. The molecule has 0 saturated carbocycles. The minimum absolute atomic E-state index is 0.113. The van der Waals surface area contributed by atoms with Gasteiger partial charge in [-0.1, -0.05) is 30.3 Å². The van der Waals surface area contributed by atoms with Gasteiger partial charge in [-0.15, -0.1) is 0 Å². The Balaban J connectivity index is 1.56. The van der Waals surface area contributed by atoms with Gasteiger partial charge in [0.2, 0.25) is 0 Å². The Bertz CT molecular complexity index is 957. The molecule has 0 radical (unpaired) electrons. The Morgan fingerprint density at radius 3 is 2.15 bits per heavy atom. The van der Waals surface area contributed by atoms with E-state index in [0.717, 1.165) is 12.1 Å². The van der Waals surface area contributed by atoms with Crippen LogP contribution >= 0.6 is 0 Å². The fraction of sp³-hybridized carbons (Fsp3) is 0.0476. The van der Waals surface area contributed by atoms with Gasteiger partial charge in [-0.2, -0.15) is 0 Å². The maximum Gasteiger partial charge on any atom is 0.262 e. The molecule has 3 aromatic carbocycles. The van der Waals surface area contributed by atoms with Crippen LogP contribution in [0, 0.1) is 11.6 Å². The minimum Gasteiger partial charge on any atom is -0.484 e. The standard InChI is InChI=1S/C21H15F2NO3/c22-18-11-8-16(12-19(18)23)24-20(25)13-27-17-9-6-15(7-10-17)21(26)14-4-2-1-3-5-14/h1-12H,13H2,(H,24,25). The number of anilines is 1. The van der Waals surface area contributed by atoms with Crippen molar-refractivity contribution in [3.05, 3.63) is 95.6 Å². The zero-order chi connectivity index (χ0) is 19.2. The fourth-order valence-electron chi connectivity index (χ4n) is 2.38. The largest absolute Gasteiger partial charge is 0.484 e. The molecule has 0 unspecified atom stereocenters. The van der Waals surface area contributed by atoms with Gasteiger partial charge in [0.05, 0.1) is 0 Å². The van der Waals surface area contributed by atoms with E-state index in [1.54, 1.807) is 48.5 Å². The quantitative estimate of drug-likeness (QED) is 0.664. The van der Waals surface area contributed by atoms with E-state index in [9.17, 15) is 18.4 Å². The molecule has 0 aliphatic heterocycles. The molecule has 0 saturated heterocycles. The van der Waals surface area contributed by atoms with Crippen LogP contribution in [0.3, 0.4) is 0 Å². The van der Waals surface area contributed by atoms with E-state index in [-0.39, 0.29) is 18.1 Å². The van der Waals surface area contributed by atoms with Crippen LogP contribution in [0.4, 0.5) is 14.5 Å². The summed E-state index contributed by atoms with van der Waals surface area (Å²) >= 11 is 0. The van der Waals surface area contributed by atoms with Gasteiger partial charge in [-0.3, -0.25) is 9.59 Å². The van der Waals surface area contributed by atoms with Gasteiger partial charge < -0.3 is 10.1 Å². The highest BCUT2D eigenvalue weighted by atomic mass is 19.2. The summed E-state index contributed by atoms with van der Waals surface area (Å²) in [6.07, 6.45) is 0. The van der Waals surface area contributed by atoms with Crippen molar-refractivity contribution in [2.75, 3.05) is 11.9 Å². The number of halogens is 2. The Hall–Kier alpha value is -3.54. The summed E-state index contributed by atoms with van der Waals surface area (Å²) in [4.78, 5) is 24.2. The first-order chi connectivity index (χ1) is 13.0. The third kappa shape index (κ3) is 4.76. The second kappa shape index (κ2) is 8.23. The number of hydrogen-bond donors (Lipinski definition) is 1. The van der Waals surface area contributed by atoms with E-state index in [1.165, 1.54) is 6.07 Å². The number of amides is 1. The van der Waals surface area contributed by atoms with Crippen molar-refractivity contribution in [1.82, 2.24) is 0 Å². The summed E-state index contributed by atoms with van der Waals surface area (Å²) in [6, 6.07) is 18.3. The number of rotatable bonds is 6. The van der Waals surface area contributed by atoms with Gasteiger partial charge in [0.15, 0.2) is 24.0 Å². The van der Waals surface area contributed by atoms with Crippen LogP contribution in [0.1, 0.15) is 15.9 Å². The first-order valence-corrected chi connectivity index (χ1v) is 8.10. The summed E-state index contributed by atoms with van der Waals surface area (Å²) in [5.41, 5.74) is 1.21. The van der Waals surface area contributed by atoms with Crippen LogP contribution in [0.25, 0.3) is 0 Å². The summed E-state index contributed by atoms with van der Waals surface area (Å²) in [5.74, 6) is -2.27. The Labute approximate surface area is 154 Å². The molecule has 3 aromatic rings. The lowest BCUT2D eigenvalue weighted by atomic mass is 10.0. The first-order valence-electron chi connectivity index (χ1n) is 8.10. The monoisotopic (exact) mass is 367 g/mol. The maximum absolute atomic E-state index is 13.1. The highest BCUT2D eigenvalue weighted by Crippen LogP contribution is 2.16.